The van der Waals surface area contributed by atoms with E-state index in [2.05, 4.69) is 15.6 Å². The molecule has 156 valence electrons. The van der Waals surface area contributed by atoms with Crippen LogP contribution >= 0.6 is 23.1 Å². The predicted octanol–water partition coefficient (Wildman–Crippen LogP) is 4.69. The molecule has 0 saturated carbocycles. The number of amides is 2. The number of thioether (sulfide) groups is 1. The Morgan fingerprint density at radius 3 is 2.43 bits per heavy atom. The fourth-order valence-corrected chi connectivity index (χ4v) is 4.50. The number of hydrogen-bond acceptors (Lipinski definition) is 6. The maximum absolute atomic E-state index is 12.8. The van der Waals surface area contributed by atoms with Crippen molar-refractivity contribution in [3.05, 3.63) is 60.2 Å². The van der Waals surface area contributed by atoms with Gasteiger partial charge in [-0.05, 0) is 38.1 Å². The molecule has 0 saturated heterocycles. The van der Waals surface area contributed by atoms with Crippen LogP contribution in [-0.2, 0) is 4.79 Å². The Morgan fingerprint density at radius 2 is 1.80 bits per heavy atom. The summed E-state index contributed by atoms with van der Waals surface area (Å²) < 4.78 is 6.34. The molecule has 0 unspecified atom stereocenters. The summed E-state index contributed by atoms with van der Waals surface area (Å²) >= 11 is 2.70. The quantitative estimate of drug-likeness (QED) is 0.496. The largest absolute Gasteiger partial charge is 0.491 e. The van der Waals surface area contributed by atoms with Gasteiger partial charge in [-0.15, -0.1) is 0 Å². The minimum absolute atomic E-state index is 0.0704. The summed E-state index contributed by atoms with van der Waals surface area (Å²) in [6, 6.07) is 16.7. The molecule has 1 aromatic heterocycles. The summed E-state index contributed by atoms with van der Waals surface area (Å²) in [5.41, 5.74) is 2.11. The van der Waals surface area contributed by atoms with Gasteiger partial charge >= 0.3 is 0 Å². The van der Waals surface area contributed by atoms with Gasteiger partial charge in [0.05, 0.1) is 11.9 Å². The Kier molecular flexibility index (Phi) is 7.48. The monoisotopic (exact) mass is 441 g/mol. The van der Waals surface area contributed by atoms with Crippen molar-refractivity contribution in [1.29, 1.82) is 0 Å². The molecular weight excluding hydrogens is 418 g/mol. The van der Waals surface area contributed by atoms with Gasteiger partial charge in [-0.25, -0.2) is 4.98 Å². The molecule has 0 spiro atoms. The number of ether oxygens (including phenoxy) is 1. The smallest absolute Gasteiger partial charge is 0.256 e. The van der Waals surface area contributed by atoms with E-state index in [1.165, 1.54) is 23.1 Å². The van der Waals surface area contributed by atoms with Crippen molar-refractivity contribution in [3.63, 3.8) is 0 Å². The topological polar surface area (TPSA) is 80.3 Å². The molecular formula is C22H23N3O3S2. The van der Waals surface area contributed by atoms with Gasteiger partial charge in [0.25, 0.3) is 5.91 Å². The number of rotatable bonds is 8. The lowest BCUT2D eigenvalue weighted by atomic mass is 10.1. The Morgan fingerprint density at radius 1 is 1.10 bits per heavy atom. The zero-order valence-corrected chi connectivity index (χ0v) is 18.6. The summed E-state index contributed by atoms with van der Waals surface area (Å²) in [6.07, 6.45) is 0.0704. The van der Waals surface area contributed by atoms with Crippen LogP contribution in [0.25, 0.3) is 11.3 Å². The molecule has 30 heavy (non-hydrogen) atoms. The van der Waals surface area contributed by atoms with Gasteiger partial charge in [0.1, 0.15) is 16.4 Å². The number of nitrogens with zero attached hydrogens (tertiary/aromatic N) is 1. The first-order valence-electron chi connectivity index (χ1n) is 9.44. The van der Waals surface area contributed by atoms with E-state index >= 15 is 0 Å². The lowest BCUT2D eigenvalue weighted by molar-refractivity contribution is -0.118. The van der Waals surface area contributed by atoms with Crippen LogP contribution in [0.4, 0.5) is 5.00 Å². The van der Waals surface area contributed by atoms with Crippen LogP contribution in [0.2, 0.25) is 0 Å². The highest BCUT2D eigenvalue weighted by molar-refractivity contribution is 8.01. The van der Waals surface area contributed by atoms with Gasteiger partial charge in [-0.1, -0.05) is 53.4 Å². The summed E-state index contributed by atoms with van der Waals surface area (Å²) in [6.45, 7) is 3.91. The Labute approximate surface area is 184 Å². The van der Waals surface area contributed by atoms with E-state index in [0.29, 0.717) is 20.6 Å². The van der Waals surface area contributed by atoms with Crippen molar-refractivity contribution in [2.24, 2.45) is 0 Å². The maximum atomic E-state index is 12.8. The van der Waals surface area contributed by atoms with Crippen molar-refractivity contribution in [2.75, 3.05) is 18.1 Å². The van der Waals surface area contributed by atoms with E-state index in [1.54, 1.807) is 31.3 Å². The second kappa shape index (κ2) is 10.3. The lowest BCUT2D eigenvalue weighted by Gasteiger charge is -2.10. The lowest BCUT2D eigenvalue weighted by Crippen LogP contribution is -2.19. The highest BCUT2D eigenvalue weighted by atomic mass is 32.2. The summed E-state index contributed by atoms with van der Waals surface area (Å²) in [7, 11) is 1.60. The molecule has 0 aliphatic heterocycles. The third-order valence-electron chi connectivity index (χ3n) is 3.98. The molecule has 2 N–H and O–H groups in total. The maximum Gasteiger partial charge on any atom is 0.256 e. The molecule has 3 rings (SSSR count). The molecule has 1 heterocycles. The molecule has 0 aliphatic rings. The van der Waals surface area contributed by atoms with Crippen molar-refractivity contribution in [2.45, 2.75) is 24.3 Å². The minimum atomic E-state index is -0.227. The van der Waals surface area contributed by atoms with E-state index in [9.17, 15) is 9.59 Å². The minimum Gasteiger partial charge on any atom is -0.491 e. The number of carbonyl (C=O) groups excluding carboxylic acids is 2. The number of aromatic nitrogens is 1. The SMILES string of the molecule is CNC(=O)CSc1nc(-c2ccccc2)c(NC(=O)c2ccc(OC(C)C)cc2)s1. The third-order valence-corrected chi connectivity index (χ3v) is 6.09. The summed E-state index contributed by atoms with van der Waals surface area (Å²) in [4.78, 5) is 29.0. The molecule has 6 nitrogen and oxygen atoms in total. The van der Waals surface area contributed by atoms with Gasteiger partial charge in [0, 0.05) is 18.2 Å². The number of benzene rings is 2. The van der Waals surface area contributed by atoms with E-state index in [-0.39, 0.29) is 23.7 Å². The Balaban J connectivity index is 1.81. The number of nitrogens with one attached hydrogen (secondary N) is 2. The number of thiazole rings is 1. The van der Waals surface area contributed by atoms with E-state index in [1.807, 2.05) is 44.2 Å². The molecule has 0 atom stereocenters. The van der Waals surface area contributed by atoms with E-state index < -0.39 is 0 Å². The normalized spacial score (nSPS) is 10.7. The molecule has 3 aromatic rings. The van der Waals surface area contributed by atoms with Crippen LogP contribution in [0.15, 0.2) is 58.9 Å². The van der Waals surface area contributed by atoms with Gasteiger partial charge in [-0.3, -0.25) is 9.59 Å². The number of carbonyl (C=O) groups is 2. The fraction of sp³-hybridized carbons (Fsp3) is 0.227. The van der Waals surface area contributed by atoms with Gasteiger partial charge in [-0.2, -0.15) is 0 Å². The van der Waals surface area contributed by atoms with Crippen LogP contribution in [0.5, 0.6) is 5.75 Å². The second-order valence-electron chi connectivity index (χ2n) is 6.63. The standard InChI is InChI=1S/C22H23N3O3S2/c1-14(2)28-17-11-9-16(10-12-17)20(27)25-21-19(15-7-5-4-6-8-15)24-22(30-21)29-13-18(26)23-3/h4-12,14H,13H2,1-3H3,(H,23,26)(H,25,27). The molecule has 0 aliphatic carbocycles. The Hall–Kier alpha value is -2.84. The predicted molar refractivity (Wildman–Crippen MR) is 122 cm³/mol. The van der Waals surface area contributed by atoms with Crippen LogP contribution in [0, 0.1) is 0 Å². The van der Waals surface area contributed by atoms with Crippen LogP contribution < -0.4 is 15.4 Å². The highest BCUT2D eigenvalue weighted by Gasteiger charge is 2.17. The zero-order valence-electron chi connectivity index (χ0n) is 17.0. The fourth-order valence-electron chi connectivity index (χ4n) is 2.57. The summed E-state index contributed by atoms with van der Waals surface area (Å²) in [5, 5.41) is 6.21. The number of hydrogen-bond donors (Lipinski definition) is 2. The highest BCUT2D eigenvalue weighted by Crippen LogP contribution is 2.37. The second-order valence-corrected chi connectivity index (χ2v) is 8.85. The first kappa shape index (κ1) is 21.9. The van der Waals surface area contributed by atoms with Crippen molar-refractivity contribution < 1.29 is 14.3 Å². The van der Waals surface area contributed by atoms with Crippen molar-refractivity contribution in [1.82, 2.24) is 10.3 Å². The Bertz CT molecular complexity index is 1000. The molecule has 2 amide bonds. The van der Waals surface area contributed by atoms with Crippen molar-refractivity contribution in [3.8, 4) is 17.0 Å². The molecule has 0 radical (unpaired) electrons. The first-order chi connectivity index (χ1) is 14.5. The molecule has 0 bridgehead atoms. The van der Waals surface area contributed by atoms with Crippen LogP contribution in [0.3, 0.4) is 0 Å². The first-order valence-corrected chi connectivity index (χ1v) is 11.2. The number of anilines is 1. The van der Waals surface area contributed by atoms with E-state index in [4.69, 9.17) is 4.74 Å². The van der Waals surface area contributed by atoms with Gasteiger partial charge in [0.2, 0.25) is 5.91 Å². The average molecular weight is 442 g/mol. The van der Waals surface area contributed by atoms with E-state index in [0.717, 1.165) is 11.3 Å². The average Bonchev–Trinajstić information content (AvgIpc) is 3.15. The molecule has 8 heteroatoms. The third kappa shape index (κ3) is 5.84. The van der Waals surface area contributed by atoms with Gasteiger partial charge < -0.3 is 15.4 Å². The zero-order chi connectivity index (χ0) is 21.5. The van der Waals surface area contributed by atoms with Crippen LogP contribution in [-0.4, -0.2) is 35.7 Å². The molecule has 2 aromatic carbocycles. The molecule has 0 fully saturated rings. The van der Waals surface area contributed by atoms with Crippen LogP contribution in [0.1, 0.15) is 24.2 Å². The van der Waals surface area contributed by atoms with Gasteiger partial charge in [0.15, 0.2) is 4.34 Å². The van der Waals surface area contributed by atoms with Crippen molar-refractivity contribution >= 4 is 39.9 Å². The summed E-state index contributed by atoms with van der Waals surface area (Å²) in [5.74, 6) is 0.681.